The van der Waals surface area contributed by atoms with Crippen LogP contribution in [0, 0.1) is 6.92 Å². The third-order valence-electron chi connectivity index (χ3n) is 2.19. The highest BCUT2D eigenvalue weighted by Gasteiger charge is 2.08. The minimum absolute atomic E-state index is 0.0392. The van der Waals surface area contributed by atoms with Gasteiger partial charge in [0.15, 0.2) is 5.82 Å². The fourth-order valence-corrected chi connectivity index (χ4v) is 1.56. The smallest absolute Gasteiger partial charge is 0.258 e. The van der Waals surface area contributed by atoms with Crippen molar-refractivity contribution in [1.82, 2.24) is 39.9 Å². The average Bonchev–Trinajstić information content (AvgIpc) is 3.07. The van der Waals surface area contributed by atoms with E-state index >= 15 is 0 Å². The monoisotopic (exact) mass is 293 g/mol. The van der Waals surface area contributed by atoms with Gasteiger partial charge in [0.2, 0.25) is 17.1 Å². The fraction of sp³-hybridized carbons (Fsp3) is 0.222. The molecule has 10 nitrogen and oxygen atoms in total. The van der Waals surface area contributed by atoms with Gasteiger partial charge in [0.05, 0.1) is 6.54 Å². The quantitative estimate of drug-likeness (QED) is 0.728. The summed E-state index contributed by atoms with van der Waals surface area (Å²) in [7, 11) is 0. The highest BCUT2D eigenvalue weighted by atomic mass is 35.5. The van der Waals surface area contributed by atoms with Crippen LogP contribution in [-0.2, 0) is 6.54 Å². The molecule has 0 saturated carbocycles. The lowest BCUT2D eigenvalue weighted by molar-refractivity contribution is 0.388. The lowest BCUT2D eigenvalue weighted by Crippen LogP contribution is -2.10. The zero-order valence-electron chi connectivity index (χ0n) is 10.2. The van der Waals surface area contributed by atoms with Crippen molar-refractivity contribution in [2.45, 2.75) is 13.5 Å². The molecule has 0 aromatic carbocycles. The molecule has 1 N–H and O–H groups in total. The minimum Gasteiger partial charge on any atom is -0.347 e. The van der Waals surface area contributed by atoms with Gasteiger partial charge < -0.3 is 9.84 Å². The maximum atomic E-state index is 5.84. The van der Waals surface area contributed by atoms with E-state index in [1.807, 2.05) is 0 Å². The summed E-state index contributed by atoms with van der Waals surface area (Å²) in [5.41, 5.74) is 0. The van der Waals surface area contributed by atoms with Gasteiger partial charge in [-0.1, -0.05) is 5.16 Å². The summed E-state index contributed by atoms with van der Waals surface area (Å²) in [5.74, 6) is 1.51. The van der Waals surface area contributed by atoms with E-state index in [0.717, 1.165) is 0 Å². The van der Waals surface area contributed by atoms with Gasteiger partial charge >= 0.3 is 0 Å². The maximum Gasteiger partial charge on any atom is 0.258 e. The van der Waals surface area contributed by atoms with Crippen molar-refractivity contribution in [3.8, 4) is 5.95 Å². The molecule has 3 aromatic rings. The van der Waals surface area contributed by atoms with E-state index in [0.29, 0.717) is 18.3 Å². The Morgan fingerprint density at radius 2 is 2.20 bits per heavy atom. The first kappa shape index (κ1) is 12.4. The van der Waals surface area contributed by atoms with Gasteiger partial charge in [0.1, 0.15) is 12.7 Å². The number of nitrogens with one attached hydrogen (secondary N) is 1. The predicted octanol–water partition coefficient (Wildman–Crippen LogP) is 0.409. The number of aromatic nitrogens is 8. The Labute approximate surface area is 117 Å². The number of hydrogen-bond acceptors (Lipinski definition) is 9. The topological polar surface area (TPSA) is 120 Å². The number of halogens is 1. The molecule has 102 valence electrons. The summed E-state index contributed by atoms with van der Waals surface area (Å²) in [6.07, 6.45) is 2.82. The summed E-state index contributed by atoms with van der Waals surface area (Å²) in [5, 5.41) is 10.6. The molecule has 3 aromatic heterocycles. The maximum absolute atomic E-state index is 5.84. The second kappa shape index (κ2) is 5.17. The van der Waals surface area contributed by atoms with Crippen molar-refractivity contribution in [1.29, 1.82) is 0 Å². The average molecular weight is 294 g/mol. The first-order valence-corrected chi connectivity index (χ1v) is 5.88. The molecule has 0 bridgehead atoms. The minimum atomic E-state index is 0.0392. The molecular weight excluding hydrogens is 286 g/mol. The summed E-state index contributed by atoms with van der Waals surface area (Å²) < 4.78 is 6.23. The van der Waals surface area contributed by atoms with E-state index in [9.17, 15) is 0 Å². The Morgan fingerprint density at radius 1 is 1.30 bits per heavy atom. The number of anilines is 1. The number of hydrogen-bond donors (Lipinski definition) is 1. The van der Waals surface area contributed by atoms with Crippen molar-refractivity contribution in [3.63, 3.8) is 0 Å². The lowest BCUT2D eigenvalue weighted by atomic mass is 10.6. The zero-order chi connectivity index (χ0) is 13.9. The van der Waals surface area contributed by atoms with Crippen molar-refractivity contribution >= 4 is 17.5 Å². The van der Waals surface area contributed by atoms with Crippen molar-refractivity contribution in [2.24, 2.45) is 0 Å². The zero-order valence-corrected chi connectivity index (χ0v) is 11.0. The summed E-state index contributed by atoms with van der Waals surface area (Å²) in [6, 6.07) is 0. The Balaban J connectivity index is 1.79. The van der Waals surface area contributed by atoms with E-state index in [2.05, 4.69) is 40.5 Å². The van der Waals surface area contributed by atoms with Crippen LogP contribution in [-0.4, -0.2) is 39.9 Å². The molecule has 0 radical (unpaired) electrons. The highest BCUT2D eigenvalue weighted by Crippen LogP contribution is 2.09. The van der Waals surface area contributed by atoms with E-state index in [1.165, 1.54) is 17.3 Å². The van der Waals surface area contributed by atoms with Gasteiger partial charge in [-0.25, -0.2) is 4.98 Å². The third-order valence-corrected chi connectivity index (χ3v) is 2.36. The summed E-state index contributed by atoms with van der Waals surface area (Å²) in [6.45, 7) is 2.01. The molecule has 3 rings (SSSR count). The van der Waals surface area contributed by atoms with Crippen molar-refractivity contribution in [2.75, 3.05) is 5.32 Å². The van der Waals surface area contributed by atoms with Crippen LogP contribution >= 0.6 is 11.6 Å². The van der Waals surface area contributed by atoms with E-state index in [-0.39, 0.29) is 17.2 Å². The molecule has 0 atom stereocenters. The van der Waals surface area contributed by atoms with Gasteiger partial charge in [-0.2, -0.15) is 29.7 Å². The van der Waals surface area contributed by atoms with Crippen LogP contribution in [0.25, 0.3) is 5.95 Å². The van der Waals surface area contributed by atoms with Crippen LogP contribution in [0.3, 0.4) is 0 Å². The first-order valence-electron chi connectivity index (χ1n) is 5.50. The van der Waals surface area contributed by atoms with Crippen molar-refractivity contribution < 1.29 is 4.52 Å². The standard InChI is InChI=1S/C9H8ClN9O/c1-5-14-6(18-20-5)2-12-8-15-7(10)16-9(17-8)19-4-11-3-13-19/h3-4H,2H2,1H3,(H,12,15,16,17). The van der Waals surface area contributed by atoms with Gasteiger partial charge in [0, 0.05) is 6.92 Å². The molecule has 0 fully saturated rings. The second-order valence-electron chi connectivity index (χ2n) is 3.65. The van der Waals surface area contributed by atoms with Crippen LogP contribution in [0.1, 0.15) is 11.7 Å². The molecule has 11 heteroatoms. The summed E-state index contributed by atoms with van der Waals surface area (Å²) >= 11 is 5.84. The van der Waals surface area contributed by atoms with Crippen LogP contribution in [0.5, 0.6) is 0 Å². The first-order chi connectivity index (χ1) is 9.70. The lowest BCUT2D eigenvalue weighted by Gasteiger charge is -2.04. The van der Waals surface area contributed by atoms with Crippen LogP contribution in [0.4, 0.5) is 5.95 Å². The molecule has 0 aliphatic heterocycles. The number of aryl methyl sites for hydroxylation is 1. The Morgan fingerprint density at radius 3 is 2.90 bits per heavy atom. The highest BCUT2D eigenvalue weighted by molar-refractivity contribution is 6.28. The van der Waals surface area contributed by atoms with Gasteiger partial charge in [-0.15, -0.1) is 0 Å². The van der Waals surface area contributed by atoms with Gasteiger partial charge in [-0.05, 0) is 11.6 Å². The number of nitrogens with zero attached hydrogens (tertiary/aromatic N) is 8. The Hall–Kier alpha value is -2.62. The van der Waals surface area contributed by atoms with Crippen LogP contribution in [0.2, 0.25) is 5.28 Å². The second-order valence-corrected chi connectivity index (χ2v) is 3.99. The van der Waals surface area contributed by atoms with Gasteiger partial charge in [-0.3, -0.25) is 0 Å². The predicted molar refractivity (Wildman–Crippen MR) is 66.1 cm³/mol. The van der Waals surface area contributed by atoms with E-state index < -0.39 is 0 Å². The Kier molecular flexibility index (Phi) is 3.21. The van der Waals surface area contributed by atoms with Crippen molar-refractivity contribution in [3.05, 3.63) is 29.7 Å². The SMILES string of the molecule is Cc1nc(CNc2nc(Cl)nc(-n3cncn3)n2)no1. The van der Waals surface area contributed by atoms with E-state index in [1.54, 1.807) is 6.92 Å². The molecule has 0 unspecified atom stereocenters. The van der Waals surface area contributed by atoms with Crippen LogP contribution < -0.4 is 5.32 Å². The normalized spacial score (nSPS) is 10.7. The van der Waals surface area contributed by atoms with E-state index in [4.69, 9.17) is 16.1 Å². The molecular formula is C9H8ClN9O. The molecule has 0 aliphatic rings. The molecule has 0 spiro atoms. The van der Waals surface area contributed by atoms with Crippen LogP contribution in [0.15, 0.2) is 17.2 Å². The molecule has 0 amide bonds. The fourth-order valence-electron chi connectivity index (χ4n) is 1.40. The number of rotatable bonds is 4. The van der Waals surface area contributed by atoms with Gasteiger partial charge in [0.25, 0.3) is 5.95 Å². The molecule has 20 heavy (non-hydrogen) atoms. The molecule has 3 heterocycles. The molecule has 0 saturated heterocycles. The Bertz CT molecular complexity index is 710. The molecule has 0 aliphatic carbocycles. The largest absolute Gasteiger partial charge is 0.347 e. The third kappa shape index (κ3) is 2.69. The summed E-state index contributed by atoms with van der Waals surface area (Å²) in [4.78, 5) is 19.9.